The average molecular weight is 415 g/mol. The van der Waals surface area contributed by atoms with Gasteiger partial charge in [-0.15, -0.1) is 0 Å². The molecule has 0 bridgehead atoms. The van der Waals surface area contributed by atoms with Crippen molar-refractivity contribution in [2.45, 2.75) is 26.3 Å². The monoisotopic (exact) mass is 414 g/mol. The summed E-state index contributed by atoms with van der Waals surface area (Å²) >= 11 is 8.97. The molecule has 1 amide bonds. The van der Waals surface area contributed by atoms with Crippen molar-refractivity contribution in [1.29, 1.82) is 0 Å². The summed E-state index contributed by atoms with van der Waals surface area (Å²) in [5, 5.41) is 3.27. The molecule has 2 aromatic carbocycles. The summed E-state index contributed by atoms with van der Waals surface area (Å²) in [5.74, 6) is -0.211. The standard InChI is InChI=1S/C20H19BrN2OS/c1-13-12-20(2,3)23(17-7-5-4-6-16(13)17)19(25)22-18(24)14-8-10-15(21)11-9-14/h4-12H,1-3H3,(H,22,24,25). The molecule has 0 saturated carbocycles. The number of fused-ring (bicyclic) bond motifs is 1. The van der Waals surface area contributed by atoms with Gasteiger partial charge in [-0.3, -0.25) is 10.1 Å². The predicted molar refractivity (Wildman–Crippen MR) is 111 cm³/mol. The number of carbonyl (C=O) groups is 1. The zero-order valence-electron chi connectivity index (χ0n) is 14.3. The van der Waals surface area contributed by atoms with Gasteiger partial charge >= 0.3 is 0 Å². The van der Waals surface area contributed by atoms with E-state index in [2.05, 4.69) is 54.2 Å². The number of hydrogen-bond acceptors (Lipinski definition) is 2. The number of para-hydroxylation sites is 1. The van der Waals surface area contributed by atoms with Gasteiger partial charge in [0.1, 0.15) is 0 Å². The molecule has 0 spiro atoms. The molecule has 0 unspecified atom stereocenters. The van der Waals surface area contributed by atoms with E-state index in [0.29, 0.717) is 10.7 Å². The van der Waals surface area contributed by atoms with Gasteiger partial charge in [0.25, 0.3) is 5.91 Å². The highest BCUT2D eigenvalue weighted by Gasteiger charge is 2.34. The number of benzene rings is 2. The Labute approximate surface area is 161 Å². The lowest BCUT2D eigenvalue weighted by Crippen LogP contribution is -2.54. The first kappa shape index (κ1) is 17.8. The van der Waals surface area contributed by atoms with Crippen LogP contribution in [0.5, 0.6) is 0 Å². The van der Waals surface area contributed by atoms with Gasteiger partial charge in [0.15, 0.2) is 5.11 Å². The van der Waals surface area contributed by atoms with E-state index in [4.69, 9.17) is 12.2 Å². The van der Waals surface area contributed by atoms with E-state index >= 15 is 0 Å². The molecule has 128 valence electrons. The summed E-state index contributed by atoms with van der Waals surface area (Å²) < 4.78 is 0.929. The summed E-state index contributed by atoms with van der Waals surface area (Å²) in [6.07, 6.45) is 2.17. The molecule has 0 saturated heterocycles. The van der Waals surface area contributed by atoms with Gasteiger partial charge in [-0.25, -0.2) is 0 Å². The van der Waals surface area contributed by atoms with Gasteiger partial charge in [-0.1, -0.05) is 40.2 Å². The number of allylic oxidation sites excluding steroid dienone is 1. The van der Waals surface area contributed by atoms with Gasteiger partial charge in [0.05, 0.1) is 11.2 Å². The maximum atomic E-state index is 12.5. The van der Waals surface area contributed by atoms with Gasteiger partial charge in [-0.2, -0.15) is 0 Å². The minimum atomic E-state index is -0.331. The summed E-state index contributed by atoms with van der Waals surface area (Å²) in [5.41, 5.74) is 3.58. The van der Waals surface area contributed by atoms with Crippen LogP contribution in [0.1, 0.15) is 36.7 Å². The third-order valence-electron chi connectivity index (χ3n) is 4.25. The molecule has 5 heteroatoms. The molecule has 0 aliphatic carbocycles. The highest BCUT2D eigenvalue weighted by atomic mass is 79.9. The van der Waals surface area contributed by atoms with Crippen LogP contribution in [0, 0.1) is 0 Å². The van der Waals surface area contributed by atoms with Crippen molar-refractivity contribution in [3.8, 4) is 0 Å². The van der Waals surface area contributed by atoms with Crippen molar-refractivity contribution in [3.05, 3.63) is 70.2 Å². The van der Waals surface area contributed by atoms with E-state index in [1.807, 2.05) is 35.2 Å². The fourth-order valence-corrected chi connectivity index (χ4v) is 3.87. The van der Waals surface area contributed by atoms with Crippen LogP contribution in [0.15, 0.2) is 59.1 Å². The Bertz CT molecular complexity index is 872. The molecule has 1 N–H and O–H groups in total. The molecule has 3 nitrogen and oxygen atoms in total. The lowest BCUT2D eigenvalue weighted by Gasteiger charge is -2.42. The number of carbonyl (C=O) groups excluding carboxylic acids is 1. The van der Waals surface area contributed by atoms with Gasteiger partial charge in [0.2, 0.25) is 0 Å². The van der Waals surface area contributed by atoms with E-state index < -0.39 is 0 Å². The van der Waals surface area contributed by atoms with Crippen molar-refractivity contribution in [2.24, 2.45) is 0 Å². The quantitative estimate of drug-likeness (QED) is 0.653. The molecule has 25 heavy (non-hydrogen) atoms. The van der Waals surface area contributed by atoms with Crippen LogP contribution in [-0.4, -0.2) is 16.6 Å². The number of nitrogens with zero attached hydrogens (tertiary/aromatic N) is 1. The number of halogens is 1. The summed E-state index contributed by atoms with van der Waals surface area (Å²) in [6.45, 7) is 6.27. The summed E-state index contributed by atoms with van der Waals surface area (Å²) in [7, 11) is 0. The molecule has 0 aromatic heterocycles. The Kier molecular flexibility index (Phi) is 4.80. The van der Waals surface area contributed by atoms with Crippen LogP contribution in [0.4, 0.5) is 5.69 Å². The molecule has 0 radical (unpaired) electrons. The fourth-order valence-electron chi connectivity index (χ4n) is 3.18. The van der Waals surface area contributed by atoms with E-state index in [1.165, 1.54) is 5.57 Å². The lowest BCUT2D eigenvalue weighted by atomic mass is 9.89. The number of rotatable bonds is 1. The maximum absolute atomic E-state index is 12.5. The Morgan fingerprint density at radius 3 is 2.44 bits per heavy atom. The summed E-state index contributed by atoms with van der Waals surface area (Å²) in [4.78, 5) is 14.5. The molecule has 1 aliphatic heterocycles. The van der Waals surface area contributed by atoms with Crippen LogP contribution >= 0.6 is 28.1 Å². The zero-order valence-corrected chi connectivity index (χ0v) is 16.7. The van der Waals surface area contributed by atoms with E-state index in [0.717, 1.165) is 15.7 Å². The number of anilines is 1. The molecule has 0 atom stereocenters. The number of amides is 1. The highest BCUT2D eigenvalue weighted by molar-refractivity contribution is 9.10. The number of thiocarbonyl (C=S) groups is 1. The second-order valence-electron chi connectivity index (χ2n) is 6.60. The SMILES string of the molecule is CC1=CC(C)(C)N(C(=S)NC(=O)c2ccc(Br)cc2)c2ccccc21. The summed E-state index contributed by atoms with van der Waals surface area (Å²) in [6, 6.07) is 15.3. The van der Waals surface area contributed by atoms with Gasteiger partial charge in [-0.05, 0) is 68.9 Å². The first-order valence-corrected chi connectivity index (χ1v) is 9.20. The third kappa shape index (κ3) is 3.53. The van der Waals surface area contributed by atoms with Crippen molar-refractivity contribution in [1.82, 2.24) is 5.32 Å². The second kappa shape index (κ2) is 6.73. The first-order chi connectivity index (χ1) is 11.8. The number of hydrogen-bond donors (Lipinski definition) is 1. The Morgan fingerprint density at radius 2 is 1.76 bits per heavy atom. The van der Waals surface area contributed by atoms with Crippen LogP contribution in [0.2, 0.25) is 0 Å². The highest BCUT2D eigenvalue weighted by Crippen LogP contribution is 2.38. The molecule has 0 fully saturated rings. The average Bonchev–Trinajstić information content (AvgIpc) is 2.54. The first-order valence-electron chi connectivity index (χ1n) is 7.99. The Hall–Kier alpha value is -1.98. The van der Waals surface area contributed by atoms with Crippen LogP contribution in [0.3, 0.4) is 0 Å². The minimum absolute atomic E-state index is 0.211. The van der Waals surface area contributed by atoms with Crippen molar-refractivity contribution in [2.75, 3.05) is 4.90 Å². The van der Waals surface area contributed by atoms with E-state index in [1.54, 1.807) is 12.1 Å². The molecule has 3 rings (SSSR count). The topological polar surface area (TPSA) is 32.3 Å². The second-order valence-corrected chi connectivity index (χ2v) is 7.90. The Morgan fingerprint density at radius 1 is 1.12 bits per heavy atom. The van der Waals surface area contributed by atoms with Crippen molar-refractivity contribution >= 4 is 50.4 Å². The van der Waals surface area contributed by atoms with Crippen molar-refractivity contribution in [3.63, 3.8) is 0 Å². The third-order valence-corrected chi connectivity index (χ3v) is 5.06. The zero-order chi connectivity index (χ0) is 18.2. The largest absolute Gasteiger partial charge is 0.309 e. The van der Waals surface area contributed by atoms with Gasteiger partial charge in [0, 0.05) is 15.6 Å². The van der Waals surface area contributed by atoms with Crippen molar-refractivity contribution < 1.29 is 4.79 Å². The smallest absolute Gasteiger partial charge is 0.257 e. The molecule has 2 aromatic rings. The normalized spacial score (nSPS) is 15.2. The molecular formula is C20H19BrN2OS. The number of nitrogens with one attached hydrogen (secondary N) is 1. The van der Waals surface area contributed by atoms with Gasteiger partial charge < -0.3 is 4.90 Å². The maximum Gasteiger partial charge on any atom is 0.257 e. The van der Waals surface area contributed by atoms with Crippen LogP contribution in [-0.2, 0) is 0 Å². The van der Waals surface area contributed by atoms with Crippen LogP contribution < -0.4 is 10.2 Å². The molecule has 1 aliphatic rings. The molecular weight excluding hydrogens is 396 g/mol. The fraction of sp³-hybridized carbons (Fsp3) is 0.200. The van der Waals surface area contributed by atoms with E-state index in [9.17, 15) is 4.79 Å². The Balaban J connectivity index is 1.91. The lowest BCUT2D eigenvalue weighted by molar-refractivity contribution is 0.0977. The molecule has 1 heterocycles. The minimum Gasteiger partial charge on any atom is -0.309 e. The van der Waals surface area contributed by atoms with E-state index in [-0.39, 0.29) is 11.4 Å². The van der Waals surface area contributed by atoms with Crippen LogP contribution in [0.25, 0.3) is 5.57 Å². The predicted octanol–water partition coefficient (Wildman–Crippen LogP) is 5.17.